The van der Waals surface area contributed by atoms with E-state index in [9.17, 15) is 0 Å². The number of nitrogen functional groups attached to an aromatic ring is 1. The van der Waals surface area contributed by atoms with Gasteiger partial charge in [0, 0.05) is 11.9 Å². The minimum Gasteiger partial charge on any atom is -0.383 e. The summed E-state index contributed by atoms with van der Waals surface area (Å²) in [6.45, 7) is 1.47. The van der Waals surface area contributed by atoms with Gasteiger partial charge in [0.1, 0.15) is 5.82 Å². The van der Waals surface area contributed by atoms with Gasteiger partial charge in [0.05, 0.1) is 5.52 Å². The van der Waals surface area contributed by atoms with E-state index in [1.165, 1.54) is 0 Å². The third-order valence-corrected chi connectivity index (χ3v) is 2.73. The molecule has 5 nitrogen and oxygen atoms in total. The van der Waals surface area contributed by atoms with Gasteiger partial charge in [-0.25, -0.2) is 4.98 Å². The summed E-state index contributed by atoms with van der Waals surface area (Å²) in [5, 5.41) is 4.05. The molecule has 5 N–H and O–H groups in total. The first-order valence-corrected chi connectivity index (χ1v) is 6.42. The normalized spacial score (nSPS) is 11.2. The summed E-state index contributed by atoms with van der Waals surface area (Å²) in [7, 11) is 0. The fourth-order valence-corrected chi connectivity index (χ4v) is 1.78. The third-order valence-electron chi connectivity index (χ3n) is 2.73. The summed E-state index contributed by atoms with van der Waals surface area (Å²) in [4.78, 5) is 8.67. The molecule has 2 aromatic rings. The highest BCUT2D eigenvalue weighted by Crippen LogP contribution is 2.18. The van der Waals surface area contributed by atoms with Crippen LogP contribution in [-0.4, -0.2) is 23.1 Å². The predicted octanol–water partition coefficient (Wildman–Crippen LogP) is 1.92. The number of aromatic nitrogens is 2. The Balaban J connectivity index is 1.97. The second kappa shape index (κ2) is 6.70. The smallest absolute Gasteiger partial charge is 0.225 e. The molecule has 2 rings (SSSR count). The number of rotatable bonds is 6. The van der Waals surface area contributed by atoms with Crippen LogP contribution in [0.15, 0.2) is 36.4 Å². The van der Waals surface area contributed by atoms with Gasteiger partial charge in [-0.2, -0.15) is 4.98 Å². The zero-order chi connectivity index (χ0) is 13.5. The second-order valence-corrected chi connectivity index (χ2v) is 4.21. The lowest BCUT2D eigenvalue weighted by Crippen LogP contribution is -2.06. The van der Waals surface area contributed by atoms with Crippen LogP contribution < -0.4 is 16.8 Å². The van der Waals surface area contributed by atoms with E-state index in [1.54, 1.807) is 0 Å². The van der Waals surface area contributed by atoms with Gasteiger partial charge < -0.3 is 16.8 Å². The third kappa shape index (κ3) is 3.66. The average Bonchev–Trinajstić information content (AvgIpc) is 2.43. The lowest BCUT2D eigenvalue weighted by Gasteiger charge is -2.06. The molecule has 0 fully saturated rings. The molecule has 1 heterocycles. The molecular formula is C14H19N5. The Bertz CT molecular complexity index is 565. The van der Waals surface area contributed by atoms with E-state index >= 15 is 0 Å². The van der Waals surface area contributed by atoms with Crippen LogP contribution in [0.5, 0.6) is 0 Å². The maximum atomic E-state index is 5.91. The van der Waals surface area contributed by atoms with E-state index < -0.39 is 0 Å². The second-order valence-electron chi connectivity index (χ2n) is 4.21. The molecule has 0 aliphatic carbocycles. The number of nitrogens with one attached hydrogen (secondary N) is 1. The summed E-state index contributed by atoms with van der Waals surface area (Å²) in [5.74, 6) is 1.08. The van der Waals surface area contributed by atoms with E-state index in [1.807, 2.05) is 24.3 Å². The standard InChI is InChI=1S/C14H19N5/c15-9-5-1-2-6-10-17-14-18-12-8-4-3-7-11(12)13(16)19-14/h1-4,7-8H,5-6,9-10,15H2,(H3,16,17,18,19). The number of nitrogens with zero attached hydrogens (tertiary/aromatic N) is 2. The van der Waals surface area contributed by atoms with Crippen LogP contribution in [0.25, 0.3) is 10.9 Å². The summed E-state index contributed by atoms with van der Waals surface area (Å²) in [6, 6.07) is 7.72. The Kier molecular flexibility index (Phi) is 4.69. The maximum Gasteiger partial charge on any atom is 0.225 e. The first-order chi connectivity index (χ1) is 9.31. The molecule has 0 spiro atoms. The quantitative estimate of drug-likeness (QED) is 0.543. The van der Waals surface area contributed by atoms with Crippen molar-refractivity contribution in [3.63, 3.8) is 0 Å². The number of para-hydroxylation sites is 1. The van der Waals surface area contributed by atoms with Crippen LogP contribution >= 0.6 is 0 Å². The topological polar surface area (TPSA) is 89.8 Å². The first kappa shape index (κ1) is 13.3. The van der Waals surface area contributed by atoms with E-state index in [0.717, 1.165) is 30.3 Å². The molecule has 0 amide bonds. The fraction of sp³-hybridized carbons (Fsp3) is 0.286. The number of benzene rings is 1. The van der Waals surface area contributed by atoms with Crippen molar-refractivity contribution in [1.82, 2.24) is 9.97 Å². The zero-order valence-electron chi connectivity index (χ0n) is 10.8. The molecule has 1 aromatic carbocycles. The minimum absolute atomic E-state index is 0.506. The predicted molar refractivity (Wildman–Crippen MR) is 79.9 cm³/mol. The van der Waals surface area contributed by atoms with Gasteiger partial charge in [-0.1, -0.05) is 24.3 Å². The SMILES string of the molecule is NCCC=CCCNc1nc(N)c2ccccc2n1. The largest absolute Gasteiger partial charge is 0.383 e. The van der Waals surface area contributed by atoms with Gasteiger partial charge in [0.2, 0.25) is 5.95 Å². The molecule has 100 valence electrons. The number of nitrogens with two attached hydrogens (primary N) is 2. The van der Waals surface area contributed by atoms with Gasteiger partial charge >= 0.3 is 0 Å². The summed E-state index contributed by atoms with van der Waals surface area (Å²) in [5.41, 5.74) is 12.2. The molecule has 0 unspecified atom stereocenters. The van der Waals surface area contributed by atoms with Crippen molar-refractivity contribution in [3.8, 4) is 0 Å². The highest BCUT2D eigenvalue weighted by molar-refractivity contribution is 5.88. The molecular weight excluding hydrogens is 238 g/mol. The van der Waals surface area contributed by atoms with Crippen molar-refractivity contribution < 1.29 is 0 Å². The molecule has 0 atom stereocenters. The monoisotopic (exact) mass is 257 g/mol. The van der Waals surface area contributed by atoms with E-state index in [0.29, 0.717) is 18.3 Å². The van der Waals surface area contributed by atoms with Crippen LogP contribution in [0.3, 0.4) is 0 Å². The first-order valence-electron chi connectivity index (χ1n) is 6.42. The van der Waals surface area contributed by atoms with Crippen molar-refractivity contribution in [1.29, 1.82) is 0 Å². The van der Waals surface area contributed by atoms with Crippen LogP contribution in [0, 0.1) is 0 Å². The van der Waals surface area contributed by atoms with Gasteiger partial charge in [-0.05, 0) is 31.5 Å². The molecule has 1 aromatic heterocycles. The Morgan fingerprint density at radius 3 is 2.74 bits per heavy atom. The van der Waals surface area contributed by atoms with Crippen molar-refractivity contribution in [3.05, 3.63) is 36.4 Å². The summed E-state index contributed by atoms with van der Waals surface area (Å²) in [6.07, 6.45) is 6.01. The minimum atomic E-state index is 0.506. The number of fused-ring (bicyclic) bond motifs is 1. The van der Waals surface area contributed by atoms with Crippen molar-refractivity contribution >= 4 is 22.7 Å². The van der Waals surface area contributed by atoms with E-state index in [2.05, 4.69) is 27.4 Å². The summed E-state index contributed by atoms with van der Waals surface area (Å²) >= 11 is 0. The molecule has 0 aliphatic heterocycles. The van der Waals surface area contributed by atoms with Gasteiger partial charge in [0.25, 0.3) is 0 Å². The summed E-state index contributed by atoms with van der Waals surface area (Å²) < 4.78 is 0. The van der Waals surface area contributed by atoms with Gasteiger partial charge in [-0.15, -0.1) is 0 Å². The molecule has 0 saturated carbocycles. The molecule has 19 heavy (non-hydrogen) atoms. The molecule has 0 aliphatic rings. The number of hydrogen-bond acceptors (Lipinski definition) is 5. The van der Waals surface area contributed by atoms with Gasteiger partial charge in [-0.3, -0.25) is 0 Å². The molecule has 0 radical (unpaired) electrons. The van der Waals surface area contributed by atoms with Crippen molar-refractivity contribution in [2.24, 2.45) is 5.73 Å². The molecule has 0 saturated heterocycles. The Morgan fingerprint density at radius 1 is 1.11 bits per heavy atom. The molecule has 0 bridgehead atoms. The van der Waals surface area contributed by atoms with Crippen molar-refractivity contribution in [2.75, 3.05) is 24.1 Å². The number of hydrogen-bond donors (Lipinski definition) is 3. The maximum absolute atomic E-state index is 5.91. The van der Waals surface area contributed by atoms with Crippen molar-refractivity contribution in [2.45, 2.75) is 12.8 Å². The van der Waals surface area contributed by atoms with Crippen LogP contribution in [0.4, 0.5) is 11.8 Å². The molecule has 5 heteroatoms. The van der Waals surface area contributed by atoms with Crippen LogP contribution in [0.2, 0.25) is 0 Å². The van der Waals surface area contributed by atoms with E-state index in [-0.39, 0.29) is 0 Å². The number of anilines is 2. The van der Waals surface area contributed by atoms with Crippen LogP contribution in [-0.2, 0) is 0 Å². The van der Waals surface area contributed by atoms with E-state index in [4.69, 9.17) is 11.5 Å². The zero-order valence-corrected chi connectivity index (χ0v) is 10.8. The Hall–Kier alpha value is -2.14. The Labute approximate surface area is 112 Å². The fourth-order valence-electron chi connectivity index (χ4n) is 1.78. The lowest BCUT2D eigenvalue weighted by atomic mass is 10.2. The lowest BCUT2D eigenvalue weighted by molar-refractivity contribution is 0.980. The Morgan fingerprint density at radius 2 is 1.89 bits per heavy atom. The highest BCUT2D eigenvalue weighted by atomic mass is 15.1. The van der Waals surface area contributed by atoms with Crippen LogP contribution in [0.1, 0.15) is 12.8 Å². The highest BCUT2D eigenvalue weighted by Gasteiger charge is 2.03. The average molecular weight is 257 g/mol. The van der Waals surface area contributed by atoms with Gasteiger partial charge in [0.15, 0.2) is 0 Å².